The molecule has 2 aliphatic rings. The van der Waals surface area contributed by atoms with Crippen molar-refractivity contribution in [3.63, 3.8) is 0 Å². The number of nitrogens with zero attached hydrogens (tertiary/aromatic N) is 3. The SMILES string of the molecule is CC(C)C(=O)N1CCN(Cc2ccoc2)CC2(CC(=O)N(C)C2)C1.O=C(O)C(F)(F)F. The second-order valence-corrected chi connectivity index (χ2v) is 8.49. The van der Waals surface area contributed by atoms with Crippen molar-refractivity contribution in [1.29, 1.82) is 0 Å². The summed E-state index contributed by atoms with van der Waals surface area (Å²) >= 11 is 0. The summed E-state index contributed by atoms with van der Waals surface area (Å²) in [4.78, 5) is 39.8. The smallest absolute Gasteiger partial charge is 0.475 e. The lowest BCUT2D eigenvalue weighted by Crippen LogP contribution is -2.45. The Morgan fingerprint density at radius 2 is 1.87 bits per heavy atom. The standard InChI is InChI=1S/C18H27N3O3.C2HF3O2/c1-14(2)17(23)21-6-5-20(9-15-4-7-24-10-15)12-18(13-21)8-16(22)19(3)11-18;3-2(4,5)1(6)7/h4,7,10,14H,5-6,8-9,11-13H2,1-3H3;(H,6,7). The second kappa shape index (κ2) is 9.71. The van der Waals surface area contributed by atoms with Gasteiger partial charge in [0.05, 0.1) is 12.5 Å². The third kappa shape index (κ3) is 6.71. The van der Waals surface area contributed by atoms with Gasteiger partial charge in [0, 0.05) is 69.6 Å². The first-order valence-corrected chi connectivity index (χ1v) is 9.89. The molecule has 1 aromatic heterocycles. The fourth-order valence-corrected chi connectivity index (χ4v) is 3.99. The topological polar surface area (TPSA) is 94.3 Å². The lowest BCUT2D eigenvalue weighted by atomic mass is 9.85. The molecule has 31 heavy (non-hydrogen) atoms. The maximum atomic E-state index is 12.6. The van der Waals surface area contributed by atoms with Gasteiger partial charge in [-0.2, -0.15) is 13.2 Å². The summed E-state index contributed by atoms with van der Waals surface area (Å²) in [7, 11) is 1.86. The summed E-state index contributed by atoms with van der Waals surface area (Å²) in [5.41, 5.74) is 0.961. The first-order chi connectivity index (χ1) is 14.3. The molecule has 0 aromatic carbocycles. The molecule has 1 atom stereocenters. The number of alkyl halides is 3. The van der Waals surface area contributed by atoms with Gasteiger partial charge in [-0.15, -0.1) is 0 Å². The van der Waals surface area contributed by atoms with Crippen LogP contribution in [-0.2, 0) is 20.9 Å². The van der Waals surface area contributed by atoms with Crippen LogP contribution in [0.25, 0.3) is 0 Å². The van der Waals surface area contributed by atoms with Crippen molar-refractivity contribution in [3.8, 4) is 0 Å². The Morgan fingerprint density at radius 1 is 1.23 bits per heavy atom. The van der Waals surface area contributed by atoms with Gasteiger partial charge in [0.1, 0.15) is 0 Å². The number of amides is 2. The van der Waals surface area contributed by atoms with Gasteiger partial charge in [0.15, 0.2) is 0 Å². The van der Waals surface area contributed by atoms with Crippen LogP contribution >= 0.6 is 0 Å². The Labute approximate surface area is 178 Å². The molecule has 11 heteroatoms. The van der Waals surface area contributed by atoms with Crippen molar-refractivity contribution < 1.29 is 37.1 Å². The highest BCUT2D eigenvalue weighted by atomic mass is 19.4. The summed E-state index contributed by atoms with van der Waals surface area (Å²) < 4.78 is 36.9. The monoisotopic (exact) mass is 447 g/mol. The molecule has 1 unspecified atom stereocenters. The second-order valence-electron chi connectivity index (χ2n) is 8.49. The maximum absolute atomic E-state index is 12.6. The van der Waals surface area contributed by atoms with E-state index in [9.17, 15) is 22.8 Å². The summed E-state index contributed by atoms with van der Waals surface area (Å²) in [6.07, 6.45) is -1.11. The number of likely N-dealkylation sites (tertiary alicyclic amines) is 1. The predicted molar refractivity (Wildman–Crippen MR) is 104 cm³/mol. The zero-order valence-corrected chi connectivity index (χ0v) is 17.8. The molecular formula is C20H28F3N3O5. The number of carbonyl (C=O) groups is 3. The molecule has 2 fully saturated rings. The minimum atomic E-state index is -5.08. The van der Waals surface area contributed by atoms with Gasteiger partial charge in [0.2, 0.25) is 11.8 Å². The van der Waals surface area contributed by atoms with E-state index in [0.29, 0.717) is 19.5 Å². The largest absolute Gasteiger partial charge is 0.490 e. The number of hydrogen-bond acceptors (Lipinski definition) is 5. The molecule has 8 nitrogen and oxygen atoms in total. The highest BCUT2D eigenvalue weighted by Gasteiger charge is 2.46. The van der Waals surface area contributed by atoms with Crippen LogP contribution in [0.5, 0.6) is 0 Å². The third-order valence-corrected chi connectivity index (χ3v) is 5.33. The van der Waals surface area contributed by atoms with Crippen molar-refractivity contribution in [2.24, 2.45) is 11.3 Å². The minimum Gasteiger partial charge on any atom is -0.475 e. The van der Waals surface area contributed by atoms with Crippen molar-refractivity contribution in [2.45, 2.75) is 33.0 Å². The number of furan rings is 1. The highest BCUT2D eigenvalue weighted by Crippen LogP contribution is 2.35. The molecule has 1 spiro atoms. The van der Waals surface area contributed by atoms with Crippen molar-refractivity contribution in [2.75, 3.05) is 39.8 Å². The van der Waals surface area contributed by atoms with Gasteiger partial charge in [0.25, 0.3) is 0 Å². The zero-order chi connectivity index (χ0) is 23.4. The Hall–Kier alpha value is -2.56. The molecule has 0 aliphatic carbocycles. The van der Waals surface area contributed by atoms with Crippen LogP contribution in [-0.4, -0.2) is 83.5 Å². The average molecular weight is 447 g/mol. The van der Waals surface area contributed by atoms with Gasteiger partial charge in [-0.05, 0) is 6.07 Å². The Morgan fingerprint density at radius 3 is 2.32 bits per heavy atom. The molecule has 2 aliphatic heterocycles. The van der Waals surface area contributed by atoms with Gasteiger partial charge in [-0.3, -0.25) is 14.5 Å². The van der Waals surface area contributed by atoms with E-state index in [1.165, 1.54) is 0 Å². The quantitative estimate of drug-likeness (QED) is 0.763. The fraction of sp³-hybridized carbons (Fsp3) is 0.650. The number of carbonyl (C=O) groups excluding carboxylic acids is 2. The highest BCUT2D eigenvalue weighted by molar-refractivity contribution is 5.80. The van der Waals surface area contributed by atoms with Crippen LogP contribution < -0.4 is 0 Å². The Balaban J connectivity index is 0.000000423. The molecule has 2 amide bonds. The number of carboxylic acids is 1. The number of carboxylic acid groups (broad SMARTS) is 1. The molecule has 1 aromatic rings. The number of rotatable bonds is 3. The summed E-state index contributed by atoms with van der Waals surface area (Å²) in [5, 5.41) is 7.12. The van der Waals surface area contributed by atoms with Gasteiger partial charge >= 0.3 is 12.1 Å². The lowest BCUT2D eigenvalue weighted by molar-refractivity contribution is -0.192. The Kier molecular flexibility index (Phi) is 7.74. The first kappa shape index (κ1) is 24.7. The maximum Gasteiger partial charge on any atom is 0.490 e. The molecule has 2 saturated heterocycles. The van der Waals surface area contributed by atoms with Crippen LogP contribution in [0.4, 0.5) is 13.2 Å². The first-order valence-electron chi connectivity index (χ1n) is 9.89. The summed E-state index contributed by atoms with van der Waals surface area (Å²) in [5.74, 6) is -2.41. The minimum absolute atomic E-state index is 0.0164. The van der Waals surface area contributed by atoms with Gasteiger partial charge in [-0.25, -0.2) is 4.79 Å². The van der Waals surface area contributed by atoms with E-state index in [4.69, 9.17) is 14.3 Å². The Bertz CT molecular complexity index is 782. The van der Waals surface area contributed by atoms with Crippen LogP contribution in [0, 0.1) is 11.3 Å². The summed E-state index contributed by atoms with van der Waals surface area (Å²) in [6, 6.07) is 1.97. The molecule has 0 radical (unpaired) electrons. The van der Waals surface area contributed by atoms with Gasteiger partial charge < -0.3 is 19.3 Å². The van der Waals surface area contributed by atoms with E-state index >= 15 is 0 Å². The third-order valence-electron chi connectivity index (χ3n) is 5.33. The number of halogens is 3. The van der Waals surface area contributed by atoms with Crippen molar-refractivity contribution in [3.05, 3.63) is 24.2 Å². The fourth-order valence-electron chi connectivity index (χ4n) is 3.99. The lowest BCUT2D eigenvalue weighted by Gasteiger charge is -2.33. The van der Waals surface area contributed by atoms with Crippen LogP contribution in [0.15, 0.2) is 23.0 Å². The van der Waals surface area contributed by atoms with E-state index in [0.717, 1.165) is 31.7 Å². The molecule has 1 N–H and O–H groups in total. The molecule has 3 rings (SSSR count). The molecule has 0 bridgehead atoms. The van der Waals surface area contributed by atoms with Crippen LogP contribution in [0.1, 0.15) is 25.8 Å². The van der Waals surface area contributed by atoms with E-state index in [1.54, 1.807) is 17.4 Å². The molecule has 174 valence electrons. The van der Waals surface area contributed by atoms with Crippen LogP contribution in [0.3, 0.4) is 0 Å². The zero-order valence-electron chi connectivity index (χ0n) is 17.8. The van der Waals surface area contributed by atoms with Crippen molar-refractivity contribution >= 4 is 17.8 Å². The van der Waals surface area contributed by atoms with E-state index in [1.807, 2.05) is 31.9 Å². The molecular weight excluding hydrogens is 419 g/mol. The van der Waals surface area contributed by atoms with E-state index in [-0.39, 0.29) is 23.1 Å². The van der Waals surface area contributed by atoms with Gasteiger partial charge in [-0.1, -0.05) is 13.8 Å². The van der Waals surface area contributed by atoms with Crippen LogP contribution in [0.2, 0.25) is 0 Å². The number of hydrogen-bond donors (Lipinski definition) is 1. The average Bonchev–Trinajstić information content (AvgIpc) is 3.20. The normalized spacial score (nSPS) is 22.5. The predicted octanol–water partition coefficient (Wildman–Crippen LogP) is 2.06. The molecule has 3 heterocycles. The number of aliphatic carboxylic acids is 1. The molecule has 0 saturated carbocycles. The van der Waals surface area contributed by atoms with E-state index < -0.39 is 12.1 Å². The van der Waals surface area contributed by atoms with Crippen molar-refractivity contribution in [1.82, 2.24) is 14.7 Å². The summed E-state index contributed by atoms with van der Waals surface area (Å²) in [6.45, 7) is 8.43. The van der Waals surface area contributed by atoms with E-state index in [2.05, 4.69) is 4.90 Å².